The molecular weight excluding hydrogens is 320 g/mol. The number of nitrogens with one attached hydrogen (secondary N) is 1. The Hall–Kier alpha value is -1.73. The summed E-state index contributed by atoms with van der Waals surface area (Å²) in [5.74, 6) is -1.13. The standard InChI is InChI=1S/C14H15F2N3OS.C2H6/c15-9-3-8-4-11(7-20-13(8)12(16)5-9)19-10(1-2-17)6-18-14(19)21;1-2/h3,5-6,11H,1-2,4,7,17H2,(H,18,21);1-2H3. The van der Waals surface area contributed by atoms with E-state index in [0.29, 0.717) is 36.3 Å². The van der Waals surface area contributed by atoms with E-state index < -0.39 is 11.6 Å². The lowest BCUT2D eigenvalue weighted by atomic mass is 10.0. The lowest BCUT2D eigenvalue weighted by Gasteiger charge is -2.27. The maximum absolute atomic E-state index is 13.7. The zero-order valence-corrected chi connectivity index (χ0v) is 14.1. The second-order valence-corrected chi connectivity index (χ2v) is 5.43. The molecule has 2 aromatic rings. The summed E-state index contributed by atoms with van der Waals surface area (Å²) >= 11 is 5.28. The Kier molecular flexibility index (Phi) is 5.90. The number of nitrogens with zero attached hydrogens (tertiary/aromatic N) is 1. The summed E-state index contributed by atoms with van der Waals surface area (Å²) in [5, 5.41) is 0. The second-order valence-electron chi connectivity index (χ2n) is 5.04. The monoisotopic (exact) mass is 341 g/mol. The molecular formula is C16H21F2N3OS. The van der Waals surface area contributed by atoms with Crippen LogP contribution in [0.4, 0.5) is 8.78 Å². The number of benzene rings is 1. The van der Waals surface area contributed by atoms with E-state index in [1.54, 1.807) is 0 Å². The number of aromatic nitrogens is 2. The summed E-state index contributed by atoms with van der Waals surface area (Å²) in [6.45, 7) is 4.79. The number of ether oxygens (including phenoxy) is 1. The molecule has 4 nitrogen and oxygen atoms in total. The lowest BCUT2D eigenvalue weighted by Crippen LogP contribution is -2.27. The molecule has 0 spiro atoms. The van der Waals surface area contributed by atoms with Crippen LogP contribution in [0.25, 0.3) is 0 Å². The van der Waals surface area contributed by atoms with E-state index in [2.05, 4.69) is 4.98 Å². The Balaban J connectivity index is 0.000000924. The number of fused-ring (bicyclic) bond motifs is 1. The van der Waals surface area contributed by atoms with Crippen LogP contribution in [-0.2, 0) is 12.8 Å². The largest absolute Gasteiger partial charge is 0.488 e. The highest BCUT2D eigenvalue weighted by molar-refractivity contribution is 7.71. The van der Waals surface area contributed by atoms with Gasteiger partial charge >= 0.3 is 0 Å². The number of hydrogen-bond acceptors (Lipinski definition) is 3. The van der Waals surface area contributed by atoms with Crippen molar-refractivity contribution in [1.82, 2.24) is 9.55 Å². The molecule has 1 aliphatic rings. The minimum absolute atomic E-state index is 0.0981. The number of nitrogens with two attached hydrogens (primary N) is 1. The van der Waals surface area contributed by atoms with Crippen molar-refractivity contribution in [3.8, 4) is 5.75 Å². The van der Waals surface area contributed by atoms with Gasteiger partial charge in [0.15, 0.2) is 16.3 Å². The van der Waals surface area contributed by atoms with Crippen LogP contribution in [0.5, 0.6) is 5.75 Å². The molecule has 0 bridgehead atoms. The molecule has 0 saturated heterocycles. The normalized spacial score (nSPS) is 16.1. The summed E-state index contributed by atoms with van der Waals surface area (Å²) in [5.41, 5.74) is 7.08. The van der Waals surface area contributed by atoms with Crippen molar-refractivity contribution >= 4 is 12.2 Å². The lowest BCUT2D eigenvalue weighted by molar-refractivity contribution is 0.210. The first-order valence-electron chi connectivity index (χ1n) is 7.69. The van der Waals surface area contributed by atoms with E-state index in [1.807, 2.05) is 24.6 Å². The maximum Gasteiger partial charge on any atom is 0.177 e. The average molecular weight is 341 g/mol. The van der Waals surface area contributed by atoms with Gasteiger partial charge in [-0.1, -0.05) is 13.8 Å². The molecule has 0 saturated carbocycles. The molecule has 1 aromatic carbocycles. The summed E-state index contributed by atoms with van der Waals surface area (Å²) < 4.78 is 35.0. The van der Waals surface area contributed by atoms with Gasteiger partial charge in [0.1, 0.15) is 12.4 Å². The molecule has 2 heterocycles. The van der Waals surface area contributed by atoms with Crippen LogP contribution in [0.3, 0.4) is 0 Å². The molecule has 0 amide bonds. The number of hydrogen-bond donors (Lipinski definition) is 2. The molecule has 1 aromatic heterocycles. The van der Waals surface area contributed by atoms with Gasteiger partial charge in [-0.25, -0.2) is 8.78 Å². The van der Waals surface area contributed by atoms with Crippen LogP contribution in [0, 0.1) is 16.4 Å². The molecule has 3 rings (SSSR count). The number of H-pyrrole nitrogens is 1. The fraction of sp³-hybridized carbons (Fsp3) is 0.438. The number of rotatable bonds is 3. The van der Waals surface area contributed by atoms with Gasteiger partial charge in [-0.05, 0) is 24.8 Å². The number of aromatic amines is 1. The van der Waals surface area contributed by atoms with Gasteiger partial charge in [0.25, 0.3) is 0 Å². The first kappa shape index (κ1) is 17.6. The Morgan fingerprint density at radius 3 is 2.83 bits per heavy atom. The highest BCUT2D eigenvalue weighted by atomic mass is 32.1. The van der Waals surface area contributed by atoms with E-state index in [1.165, 1.54) is 6.07 Å². The predicted molar refractivity (Wildman–Crippen MR) is 88.3 cm³/mol. The Morgan fingerprint density at radius 1 is 1.39 bits per heavy atom. The molecule has 0 fully saturated rings. The molecule has 23 heavy (non-hydrogen) atoms. The van der Waals surface area contributed by atoms with Gasteiger partial charge in [0, 0.05) is 36.4 Å². The van der Waals surface area contributed by atoms with E-state index in [-0.39, 0.29) is 11.8 Å². The summed E-state index contributed by atoms with van der Waals surface area (Å²) in [4.78, 5) is 2.98. The molecule has 1 atom stereocenters. The molecule has 3 N–H and O–H groups in total. The van der Waals surface area contributed by atoms with Crippen molar-refractivity contribution < 1.29 is 13.5 Å². The van der Waals surface area contributed by atoms with E-state index in [9.17, 15) is 8.78 Å². The highest BCUT2D eigenvalue weighted by Gasteiger charge is 2.26. The van der Waals surface area contributed by atoms with Crippen LogP contribution >= 0.6 is 12.2 Å². The van der Waals surface area contributed by atoms with Gasteiger partial charge in [-0.3, -0.25) is 0 Å². The Bertz CT molecular complexity index is 727. The quantitative estimate of drug-likeness (QED) is 0.840. The van der Waals surface area contributed by atoms with Crippen LogP contribution in [-0.4, -0.2) is 22.7 Å². The van der Waals surface area contributed by atoms with Crippen LogP contribution in [0.1, 0.15) is 31.1 Å². The SMILES string of the molecule is CC.NCCc1c[nH]c(=S)n1C1COc2c(F)cc(F)cc2C1. The van der Waals surface area contributed by atoms with Crippen molar-refractivity contribution in [2.75, 3.05) is 13.2 Å². The van der Waals surface area contributed by atoms with Gasteiger partial charge in [-0.2, -0.15) is 0 Å². The zero-order chi connectivity index (χ0) is 17.0. The maximum atomic E-state index is 13.7. The third-order valence-electron chi connectivity index (χ3n) is 3.62. The molecule has 1 aliphatic heterocycles. The van der Waals surface area contributed by atoms with Crippen molar-refractivity contribution in [1.29, 1.82) is 0 Å². The van der Waals surface area contributed by atoms with Crippen molar-refractivity contribution in [2.24, 2.45) is 5.73 Å². The first-order valence-corrected chi connectivity index (χ1v) is 8.10. The van der Waals surface area contributed by atoms with Crippen molar-refractivity contribution in [3.63, 3.8) is 0 Å². The second kappa shape index (κ2) is 7.70. The molecule has 1 unspecified atom stereocenters. The minimum Gasteiger partial charge on any atom is -0.488 e. The topological polar surface area (TPSA) is 56.0 Å². The average Bonchev–Trinajstić information content (AvgIpc) is 2.89. The van der Waals surface area contributed by atoms with Crippen LogP contribution in [0.15, 0.2) is 18.3 Å². The van der Waals surface area contributed by atoms with Gasteiger partial charge in [0.2, 0.25) is 0 Å². The smallest absolute Gasteiger partial charge is 0.177 e. The molecule has 0 aliphatic carbocycles. The van der Waals surface area contributed by atoms with E-state index in [4.69, 9.17) is 22.7 Å². The molecule has 126 valence electrons. The van der Waals surface area contributed by atoms with Gasteiger partial charge in [-0.15, -0.1) is 0 Å². The number of halogens is 2. The minimum atomic E-state index is -0.664. The fourth-order valence-electron chi connectivity index (χ4n) is 2.74. The summed E-state index contributed by atoms with van der Waals surface area (Å²) in [7, 11) is 0. The Morgan fingerprint density at radius 2 is 2.13 bits per heavy atom. The fourth-order valence-corrected chi connectivity index (χ4v) is 3.07. The molecule has 7 heteroatoms. The predicted octanol–water partition coefficient (Wildman–Crippen LogP) is 3.53. The van der Waals surface area contributed by atoms with E-state index >= 15 is 0 Å². The summed E-state index contributed by atoms with van der Waals surface area (Å²) in [6.07, 6.45) is 2.96. The number of imidazole rings is 1. The van der Waals surface area contributed by atoms with Gasteiger partial charge < -0.3 is 20.0 Å². The third-order valence-corrected chi connectivity index (χ3v) is 3.93. The van der Waals surface area contributed by atoms with Crippen LogP contribution in [0.2, 0.25) is 0 Å². The highest BCUT2D eigenvalue weighted by Crippen LogP contribution is 2.33. The zero-order valence-electron chi connectivity index (χ0n) is 13.2. The van der Waals surface area contributed by atoms with Crippen molar-refractivity contribution in [3.05, 3.63) is 46.0 Å². The van der Waals surface area contributed by atoms with Gasteiger partial charge in [0.05, 0.1) is 6.04 Å². The summed E-state index contributed by atoms with van der Waals surface area (Å²) in [6, 6.07) is 2.05. The molecule has 0 radical (unpaired) electrons. The van der Waals surface area contributed by atoms with Crippen LogP contribution < -0.4 is 10.5 Å². The van der Waals surface area contributed by atoms with E-state index in [0.717, 1.165) is 11.8 Å². The Labute approximate surface area is 139 Å². The first-order chi connectivity index (χ1) is 11.1. The van der Waals surface area contributed by atoms with Crippen molar-refractivity contribution in [2.45, 2.75) is 32.7 Å². The third kappa shape index (κ3) is 3.61.